The van der Waals surface area contributed by atoms with Crippen LogP contribution >= 0.6 is 0 Å². The van der Waals surface area contributed by atoms with Crippen LogP contribution in [0.25, 0.3) is 0 Å². The fourth-order valence-corrected chi connectivity index (χ4v) is 3.94. The summed E-state index contributed by atoms with van der Waals surface area (Å²) in [7, 11) is 0. The molecule has 0 aromatic heterocycles. The summed E-state index contributed by atoms with van der Waals surface area (Å²) < 4.78 is 0. The van der Waals surface area contributed by atoms with Crippen molar-refractivity contribution >= 4 is 23.6 Å². The van der Waals surface area contributed by atoms with Crippen molar-refractivity contribution in [3.05, 3.63) is 0 Å². The van der Waals surface area contributed by atoms with E-state index in [0.717, 1.165) is 0 Å². The van der Waals surface area contributed by atoms with Crippen LogP contribution in [0.2, 0.25) is 0 Å². The monoisotopic (exact) mass is 424 g/mol. The number of hydrogen-bond acceptors (Lipinski definition) is 4. The molecular weight excluding hydrogens is 384 g/mol. The van der Waals surface area contributed by atoms with Gasteiger partial charge in [-0.05, 0) is 66.2 Å². The van der Waals surface area contributed by atoms with E-state index in [1.807, 2.05) is 34.6 Å². The van der Waals surface area contributed by atoms with Crippen molar-refractivity contribution in [3.8, 4) is 0 Å². The second-order valence-electron chi connectivity index (χ2n) is 9.06. The lowest BCUT2D eigenvalue weighted by Gasteiger charge is -2.22. The minimum Gasteiger partial charge on any atom is -0.354 e. The predicted molar refractivity (Wildman–Crippen MR) is 117 cm³/mol. The first kappa shape index (κ1) is 25.9. The third-order valence-electron chi connectivity index (χ3n) is 5.13. The van der Waals surface area contributed by atoms with E-state index in [0.29, 0.717) is 51.4 Å². The molecule has 4 N–H and O–H groups in total. The number of amides is 4. The number of hydrogen-bond donors (Lipinski definition) is 4. The summed E-state index contributed by atoms with van der Waals surface area (Å²) in [4.78, 5) is 48.3. The van der Waals surface area contributed by atoms with E-state index >= 15 is 0 Å². The molecule has 0 aromatic rings. The van der Waals surface area contributed by atoms with E-state index in [1.165, 1.54) is 0 Å². The Balaban J connectivity index is 2.48. The third kappa shape index (κ3) is 11.8. The quantitative estimate of drug-likeness (QED) is 0.475. The van der Waals surface area contributed by atoms with E-state index < -0.39 is 0 Å². The Kier molecular flexibility index (Phi) is 11.4. The molecule has 0 bridgehead atoms. The van der Waals surface area contributed by atoms with E-state index in [-0.39, 0.29) is 53.7 Å². The topological polar surface area (TPSA) is 116 Å². The molecule has 0 aromatic carbocycles. The average Bonchev–Trinajstić information content (AvgIpc) is 2.59. The van der Waals surface area contributed by atoms with Gasteiger partial charge in [0.05, 0.1) is 0 Å². The van der Waals surface area contributed by atoms with Gasteiger partial charge in [-0.15, -0.1) is 0 Å². The highest BCUT2D eigenvalue weighted by Crippen LogP contribution is 2.19. The summed E-state index contributed by atoms with van der Waals surface area (Å²) in [5.74, 6) is -0.130. The number of rotatable bonds is 8. The Morgan fingerprint density at radius 3 is 2.13 bits per heavy atom. The van der Waals surface area contributed by atoms with Gasteiger partial charge in [-0.25, -0.2) is 0 Å². The maximum Gasteiger partial charge on any atom is 0.220 e. The number of nitrogens with one attached hydrogen (secondary N) is 4. The Morgan fingerprint density at radius 1 is 0.967 bits per heavy atom. The molecule has 1 heterocycles. The summed E-state index contributed by atoms with van der Waals surface area (Å²) in [5.41, 5.74) is 0. The first-order chi connectivity index (χ1) is 14.0. The van der Waals surface area contributed by atoms with Crippen LogP contribution in [0.4, 0.5) is 0 Å². The standard InChI is InChI=1S/C22H40N4O4/c1-14(2)23-19(27)7-6-8-20(28)25-17(5)12-18-9-10-21(29)24-15(3)11-16(4)26-22(30)13-18/h14-18H,6-13H2,1-5H3,(H,23,27)(H,24,29)(H,25,28)(H,26,30). The smallest absolute Gasteiger partial charge is 0.220 e. The molecule has 4 atom stereocenters. The Hall–Kier alpha value is -2.12. The van der Waals surface area contributed by atoms with Crippen molar-refractivity contribution in [1.82, 2.24) is 21.3 Å². The zero-order valence-corrected chi connectivity index (χ0v) is 19.2. The fourth-order valence-electron chi connectivity index (χ4n) is 3.94. The molecule has 0 aliphatic carbocycles. The molecule has 8 heteroatoms. The molecule has 1 aliphatic heterocycles. The molecule has 0 saturated carbocycles. The van der Waals surface area contributed by atoms with Gasteiger partial charge in [-0.3, -0.25) is 19.2 Å². The Labute approximate surface area is 180 Å². The minimum atomic E-state index is -0.107. The van der Waals surface area contributed by atoms with Gasteiger partial charge < -0.3 is 21.3 Å². The lowest BCUT2D eigenvalue weighted by Crippen LogP contribution is -2.40. The second-order valence-corrected chi connectivity index (χ2v) is 9.06. The van der Waals surface area contributed by atoms with Crippen molar-refractivity contribution < 1.29 is 19.2 Å². The van der Waals surface area contributed by atoms with Crippen LogP contribution in [0.3, 0.4) is 0 Å². The molecule has 30 heavy (non-hydrogen) atoms. The van der Waals surface area contributed by atoms with Gasteiger partial charge in [0, 0.05) is 49.9 Å². The summed E-state index contributed by atoms with van der Waals surface area (Å²) in [6.07, 6.45) is 3.78. The summed E-state index contributed by atoms with van der Waals surface area (Å²) in [6, 6.07) is 0.00415. The fraction of sp³-hybridized carbons (Fsp3) is 0.818. The summed E-state index contributed by atoms with van der Waals surface area (Å²) in [5, 5.41) is 11.7. The molecule has 1 aliphatic rings. The first-order valence-corrected chi connectivity index (χ1v) is 11.2. The van der Waals surface area contributed by atoms with Crippen molar-refractivity contribution in [2.75, 3.05) is 0 Å². The van der Waals surface area contributed by atoms with Crippen LogP contribution in [0.15, 0.2) is 0 Å². The van der Waals surface area contributed by atoms with Crippen molar-refractivity contribution in [2.45, 2.75) is 110 Å². The zero-order chi connectivity index (χ0) is 22.7. The highest BCUT2D eigenvalue weighted by atomic mass is 16.2. The molecule has 1 rings (SSSR count). The molecule has 1 fully saturated rings. The highest BCUT2D eigenvalue weighted by molar-refractivity contribution is 5.79. The molecular formula is C22H40N4O4. The van der Waals surface area contributed by atoms with Gasteiger partial charge in [-0.1, -0.05) is 0 Å². The Morgan fingerprint density at radius 2 is 1.53 bits per heavy atom. The van der Waals surface area contributed by atoms with E-state index in [1.54, 1.807) is 0 Å². The van der Waals surface area contributed by atoms with E-state index in [4.69, 9.17) is 0 Å². The SMILES string of the molecule is CC(C)NC(=O)CCCC(=O)NC(C)CC1CCC(=O)NC(C)CC(C)NC(=O)C1. The molecule has 0 spiro atoms. The van der Waals surface area contributed by atoms with Gasteiger partial charge >= 0.3 is 0 Å². The molecule has 1 saturated heterocycles. The lowest BCUT2D eigenvalue weighted by atomic mass is 9.91. The second kappa shape index (κ2) is 13.2. The molecule has 8 nitrogen and oxygen atoms in total. The molecule has 4 amide bonds. The molecule has 4 unspecified atom stereocenters. The van der Waals surface area contributed by atoms with Crippen LogP contribution in [-0.4, -0.2) is 47.8 Å². The van der Waals surface area contributed by atoms with E-state index in [2.05, 4.69) is 21.3 Å². The van der Waals surface area contributed by atoms with E-state index in [9.17, 15) is 19.2 Å². The van der Waals surface area contributed by atoms with Gasteiger partial charge in [0.25, 0.3) is 0 Å². The van der Waals surface area contributed by atoms with Crippen LogP contribution < -0.4 is 21.3 Å². The number of carbonyl (C=O) groups is 4. The largest absolute Gasteiger partial charge is 0.354 e. The summed E-state index contributed by atoms with van der Waals surface area (Å²) >= 11 is 0. The van der Waals surface area contributed by atoms with Gasteiger partial charge in [-0.2, -0.15) is 0 Å². The van der Waals surface area contributed by atoms with Crippen molar-refractivity contribution in [1.29, 1.82) is 0 Å². The highest BCUT2D eigenvalue weighted by Gasteiger charge is 2.22. The Bertz CT molecular complexity index is 594. The zero-order valence-electron chi connectivity index (χ0n) is 19.2. The summed E-state index contributed by atoms with van der Waals surface area (Å²) in [6.45, 7) is 9.60. The van der Waals surface area contributed by atoms with Crippen LogP contribution in [0.1, 0.15) is 86.0 Å². The maximum atomic E-state index is 12.4. The normalized spacial score (nSPS) is 24.3. The lowest BCUT2D eigenvalue weighted by molar-refractivity contribution is -0.124. The third-order valence-corrected chi connectivity index (χ3v) is 5.13. The van der Waals surface area contributed by atoms with Crippen LogP contribution in [-0.2, 0) is 19.2 Å². The predicted octanol–water partition coefficient (Wildman–Crippen LogP) is 1.78. The van der Waals surface area contributed by atoms with Gasteiger partial charge in [0.2, 0.25) is 23.6 Å². The molecule has 0 radical (unpaired) electrons. The average molecular weight is 425 g/mol. The first-order valence-electron chi connectivity index (χ1n) is 11.2. The van der Waals surface area contributed by atoms with Crippen molar-refractivity contribution in [2.24, 2.45) is 5.92 Å². The van der Waals surface area contributed by atoms with Gasteiger partial charge in [0.1, 0.15) is 0 Å². The van der Waals surface area contributed by atoms with Crippen LogP contribution in [0, 0.1) is 5.92 Å². The molecule has 172 valence electrons. The van der Waals surface area contributed by atoms with Crippen LogP contribution in [0.5, 0.6) is 0 Å². The van der Waals surface area contributed by atoms with Gasteiger partial charge in [0.15, 0.2) is 0 Å². The number of carbonyl (C=O) groups excluding carboxylic acids is 4. The maximum absolute atomic E-state index is 12.4. The minimum absolute atomic E-state index is 0.00317. The van der Waals surface area contributed by atoms with Crippen molar-refractivity contribution in [3.63, 3.8) is 0 Å².